The summed E-state index contributed by atoms with van der Waals surface area (Å²) in [6, 6.07) is 4.71. The number of hydrogen-bond donors (Lipinski definition) is 2. The van der Waals surface area contributed by atoms with Crippen molar-refractivity contribution in [3.8, 4) is 0 Å². The van der Waals surface area contributed by atoms with Crippen LogP contribution in [0.25, 0.3) is 10.9 Å². The van der Waals surface area contributed by atoms with Gasteiger partial charge in [0.05, 0.1) is 0 Å². The van der Waals surface area contributed by atoms with Crippen molar-refractivity contribution < 1.29 is 9.59 Å². The fraction of sp³-hybridized carbons (Fsp3) is 0.615. The van der Waals surface area contributed by atoms with E-state index in [2.05, 4.69) is 35.1 Å². The largest absolute Gasteiger partial charge is 0.358 e. The van der Waals surface area contributed by atoms with Gasteiger partial charge < -0.3 is 15.2 Å². The number of piperidine rings is 1. The van der Waals surface area contributed by atoms with E-state index in [0.29, 0.717) is 25.0 Å². The lowest BCUT2D eigenvalue weighted by Crippen LogP contribution is -2.58. The molecule has 1 aromatic heterocycles. The Hall–Kier alpha value is -2.34. The molecule has 2 N–H and O–H groups in total. The number of fused-ring (bicyclic) bond motifs is 2. The second kappa shape index (κ2) is 9.26. The molecule has 0 spiro atoms. The number of ketones is 1. The zero-order chi connectivity index (χ0) is 23.0. The average molecular weight is 439 g/mol. The highest BCUT2D eigenvalue weighted by Gasteiger charge is 2.42. The van der Waals surface area contributed by atoms with Crippen LogP contribution in [0.5, 0.6) is 0 Å². The number of amides is 2. The van der Waals surface area contributed by atoms with Crippen LogP contribution < -0.4 is 5.32 Å². The van der Waals surface area contributed by atoms with E-state index in [0.717, 1.165) is 49.9 Å². The first-order valence-corrected chi connectivity index (χ1v) is 12.4. The van der Waals surface area contributed by atoms with Crippen molar-refractivity contribution in [3.63, 3.8) is 0 Å². The first-order chi connectivity index (χ1) is 15.4. The molecule has 1 aliphatic carbocycles. The number of aryl methyl sites for hydroxylation is 1. The molecule has 1 fully saturated rings. The number of hydrogen-bond acceptors (Lipinski definition) is 3. The topological polar surface area (TPSA) is 68.4 Å². The second-order valence-electron chi connectivity index (χ2n) is 9.41. The van der Waals surface area contributed by atoms with Gasteiger partial charge in [-0.25, -0.2) is 4.79 Å². The predicted molar refractivity (Wildman–Crippen MR) is 130 cm³/mol. The van der Waals surface area contributed by atoms with E-state index >= 15 is 0 Å². The summed E-state index contributed by atoms with van der Waals surface area (Å²) in [5, 5.41) is 4.64. The number of H-pyrrole nitrogens is 1. The Morgan fingerprint density at radius 1 is 1.19 bits per heavy atom. The summed E-state index contributed by atoms with van der Waals surface area (Å²) in [6.45, 7) is 13.5. The number of carbonyl (C=O) groups excluding carboxylic acids is 2. The quantitative estimate of drug-likeness (QED) is 0.627. The molecule has 174 valence electrons. The number of rotatable bonds is 7. The summed E-state index contributed by atoms with van der Waals surface area (Å²) < 4.78 is 0. The fourth-order valence-electron chi connectivity index (χ4n) is 5.96. The Morgan fingerprint density at radius 3 is 2.56 bits per heavy atom. The fourth-order valence-corrected chi connectivity index (χ4v) is 5.96. The van der Waals surface area contributed by atoms with Crippen LogP contribution in [-0.4, -0.2) is 64.9 Å². The minimum absolute atomic E-state index is 0.0314. The number of aromatic nitrogens is 1. The van der Waals surface area contributed by atoms with E-state index in [9.17, 15) is 9.59 Å². The van der Waals surface area contributed by atoms with Crippen molar-refractivity contribution in [2.24, 2.45) is 0 Å². The standard InChI is InChI=1S/C26H38N4O2/c1-6-10-30-15-18(27-26(32)29(8-3)9-4)13-19-20-11-17(16(5)31)12-23-25(20)21(14-24(19)30)22(7-2)28-23/h11-12,18-19,24,28H,6-10,13-15H2,1-5H3,(H,27,32)/t18-,19+,24+/m0/s1. The first-order valence-electron chi connectivity index (χ1n) is 12.4. The van der Waals surface area contributed by atoms with E-state index in [1.165, 1.54) is 22.2 Å². The van der Waals surface area contributed by atoms with E-state index in [1.807, 2.05) is 24.8 Å². The van der Waals surface area contributed by atoms with Crippen molar-refractivity contribution in [1.82, 2.24) is 20.1 Å². The third-order valence-electron chi connectivity index (χ3n) is 7.51. The maximum Gasteiger partial charge on any atom is 0.317 e. The molecule has 1 aliphatic heterocycles. The normalized spacial score (nSPS) is 22.6. The van der Waals surface area contributed by atoms with Crippen LogP contribution >= 0.6 is 0 Å². The van der Waals surface area contributed by atoms with Gasteiger partial charge in [-0.3, -0.25) is 9.69 Å². The first kappa shape index (κ1) is 22.8. The molecule has 1 aromatic carbocycles. The zero-order valence-corrected chi connectivity index (χ0v) is 20.3. The van der Waals surface area contributed by atoms with Crippen molar-refractivity contribution in [3.05, 3.63) is 34.5 Å². The van der Waals surface area contributed by atoms with Gasteiger partial charge in [-0.05, 0) is 76.3 Å². The zero-order valence-electron chi connectivity index (χ0n) is 20.3. The molecule has 1 saturated heterocycles. The highest BCUT2D eigenvalue weighted by Crippen LogP contribution is 2.45. The molecule has 32 heavy (non-hydrogen) atoms. The minimum atomic E-state index is 0.0314. The van der Waals surface area contributed by atoms with Crippen LogP contribution in [0.3, 0.4) is 0 Å². The lowest BCUT2D eigenvalue weighted by molar-refractivity contribution is 0.0976. The highest BCUT2D eigenvalue weighted by molar-refractivity contribution is 6.00. The average Bonchev–Trinajstić information content (AvgIpc) is 3.13. The van der Waals surface area contributed by atoms with Crippen molar-refractivity contribution in [2.45, 2.75) is 78.3 Å². The third-order valence-corrected chi connectivity index (χ3v) is 7.51. The molecule has 0 saturated carbocycles. The van der Waals surface area contributed by atoms with Gasteiger partial charge in [0.2, 0.25) is 0 Å². The van der Waals surface area contributed by atoms with E-state index in [-0.39, 0.29) is 17.9 Å². The maximum atomic E-state index is 12.8. The van der Waals surface area contributed by atoms with Crippen LogP contribution in [0.1, 0.15) is 80.6 Å². The molecule has 2 amide bonds. The van der Waals surface area contributed by atoms with Crippen LogP contribution in [0.2, 0.25) is 0 Å². The molecule has 0 unspecified atom stereocenters. The summed E-state index contributed by atoms with van der Waals surface area (Å²) in [5.74, 6) is 0.416. The molecular weight excluding hydrogens is 400 g/mol. The Bertz CT molecular complexity index is 1010. The van der Waals surface area contributed by atoms with Gasteiger partial charge in [-0.1, -0.05) is 13.8 Å². The van der Waals surface area contributed by atoms with Crippen molar-refractivity contribution >= 4 is 22.7 Å². The predicted octanol–water partition coefficient (Wildman–Crippen LogP) is 4.48. The number of nitrogens with one attached hydrogen (secondary N) is 2. The van der Waals surface area contributed by atoms with Gasteiger partial charge in [0.25, 0.3) is 0 Å². The van der Waals surface area contributed by atoms with E-state index in [1.54, 1.807) is 6.92 Å². The molecule has 0 bridgehead atoms. The summed E-state index contributed by atoms with van der Waals surface area (Å²) in [4.78, 5) is 33.2. The lowest BCUT2D eigenvalue weighted by atomic mass is 9.72. The number of benzene rings is 1. The van der Waals surface area contributed by atoms with Gasteiger partial charge in [-0.15, -0.1) is 0 Å². The van der Waals surface area contributed by atoms with Gasteiger partial charge in [0, 0.05) is 59.8 Å². The second-order valence-corrected chi connectivity index (χ2v) is 9.41. The Kier molecular flexibility index (Phi) is 6.61. The minimum Gasteiger partial charge on any atom is -0.358 e. The molecule has 6 nitrogen and oxygen atoms in total. The van der Waals surface area contributed by atoms with Crippen molar-refractivity contribution in [2.75, 3.05) is 26.2 Å². The van der Waals surface area contributed by atoms with Crippen LogP contribution in [0.15, 0.2) is 12.1 Å². The highest BCUT2D eigenvalue weighted by atomic mass is 16.2. The van der Waals surface area contributed by atoms with Crippen LogP contribution in [0.4, 0.5) is 4.79 Å². The summed E-state index contributed by atoms with van der Waals surface area (Å²) in [7, 11) is 0. The Balaban J connectivity index is 1.75. The summed E-state index contributed by atoms with van der Waals surface area (Å²) in [6.07, 6.45) is 4.01. The smallest absolute Gasteiger partial charge is 0.317 e. The molecule has 2 heterocycles. The number of aromatic amines is 1. The maximum absolute atomic E-state index is 12.8. The monoisotopic (exact) mass is 438 g/mol. The third kappa shape index (κ3) is 3.94. The molecular formula is C26H38N4O2. The number of carbonyl (C=O) groups is 2. The Labute approximate surface area is 191 Å². The SMILES string of the molecule is CCCN1C[C@@H](NC(=O)N(CC)CC)C[C@@H]2c3cc(C(C)=O)cc4[nH]c(CC)c(c34)C[C@H]21. The van der Waals surface area contributed by atoms with E-state index in [4.69, 9.17) is 0 Å². The molecule has 3 atom stereocenters. The molecule has 2 aromatic rings. The summed E-state index contributed by atoms with van der Waals surface area (Å²) >= 11 is 0. The molecule has 4 rings (SSSR count). The number of urea groups is 1. The van der Waals surface area contributed by atoms with E-state index < -0.39 is 0 Å². The summed E-state index contributed by atoms with van der Waals surface area (Å²) in [5.41, 5.74) is 5.89. The number of Topliss-reactive ketones (excluding diaryl/α,β-unsaturated/α-hetero) is 1. The Morgan fingerprint density at radius 2 is 1.94 bits per heavy atom. The number of nitrogens with zero attached hydrogens (tertiary/aromatic N) is 2. The molecule has 0 radical (unpaired) electrons. The van der Waals surface area contributed by atoms with Gasteiger partial charge in [0.1, 0.15) is 0 Å². The molecule has 6 heteroatoms. The lowest BCUT2D eigenvalue weighted by Gasteiger charge is -2.47. The molecule has 2 aliphatic rings. The van der Waals surface area contributed by atoms with Gasteiger partial charge in [0.15, 0.2) is 5.78 Å². The van der Waals surface area contributed by atoms with Gasteiger partial charge >= 0.3 is 6.03 Å². The van der Waals surface area contributed by atoms with Crippen LogP contribution in [0, 0.1) is 0 Å². The number of likely N-dealkylation sites (tertiary alicyclic amines) is 1. The van der Waals surface area contributed by atoms with Crippen molar-refractivity contribution in [1.29, 1.82) is 0 Å². The van der Waals surface area contributed by atoms with Gasteiger partial charge in [-0.2, -0.15) is 0 Å². The van der Waals surface area contributed by atoms with Crippen LogP contribution in [-0.2, 0) is 12.8 Å².